The Kier molecular flexibility index (Phi) is 4.83. The Morgan fingerprint density at radius 3 is 1.81 bits per heavy atom. The third-order valence-corrected chi connectivity index (χ3v) is 5.79. The van der Waals surface area contributed by atoms with Gasteiger partial charge in [0.15, 0.2) is 5.60 Å². The van der Waals surface area contributed by atoms with Crippen LogP contribution < -0.4 is 0 Å². The molecule has 3 aromatic carbocycles. The van der Waals surface area contributed by atoms with Crippen LogP contribution >= 0.6 is 0 Å². The van der Waals surface area contributed by atoms with E-state index >= 15 is 0 Å². The van der Waals surface area contributed by atoms with Crippen molar-refractivity contribution in [1.82, 2.24) is 0 Å². The maximum absolute atomic E-state index is 14.0. The first-order chi connectivity index (χ1) is 13.1. The van der Waals surface area contributed by atoms with Gasteiger partial charge in [0.05, 0.1) is 6.54 Å². The van der Waals surface area contributed by atoms with Gasteiger partial charge in [-0.05, 0) is 11.1 Å². The predicted octanol–water partition coefficient (Wildman–Crippen LogP) is 4.60. The molecule has 0 aromatic heterocycles. The SMILES string of the molecule is [O-][N@+]1(Cc2ccccc2)CCC[C@@H]1C(O)(c1ccccc1)c1ccccc1. The van der Waals surface area contributed by atoms with Gasteiger partial charge in [-0.25, -0.2) is 0 Å². The lowest BCUT2D eigenvalue weighted by atomic mass is 9.78. The van der Waals surface area contributed by atoms with Crippen LogP contribution in [0.15, 0.2) is 91.0 Å². The van der Waals surface area contributed by atoms with E-state index in [0.717, 1.165) is 23.1 Å². The molecule has 0 saturated carbocycles. The lowest BCUT2D eigenvalue weighted by Crippen LogP contribution is -2.56. The zero-order chi connectivity index (χ0) is 18.7. The summed E-state index contributed by atoms with van der Waals surface area (Å²) < 4.78 is -0.399. The molecule has 3 heteroatoms. The Morgan fingerprint density at radius 1 is 0.815 bits per heavy atom. The molecule has 1 aliphatic rings. The molecule has 0 radical (unpaired) electrons. The zero-order valence-corrected chi connectivity index (χ0v) is 15.4. The van der Waals surface area contributed by atoms with E-state index in [0.29, 0.717) is 19.5 Å². The largest absolute Gasteiger partial charge is 0.632 e. The van der Waals surface area contributed by atoms with Crippen molar-refractivity contribution >= 4 is 0 Å². The molecule has 0 amide bonds. The second-order valence-corrected chi connectivity index (χ2v) is 7.48. The van der Waals surface area contributed by atoms with Crippen molar-refractivity contribution in [3.63, 3.8) is 0 Å². The number of nitrogens with zero attached hydrogens (tertiary/aromatic N) is 1. The summed E-state index contributed by atoms with van der Waals surface area (Å²) in [7, 11) is 0. The fraction of sp³-hybridized carbons (Fsp3) is 0.250. The monoisotopic (exact) mass is 359 g/mol. The van der Waals surface area contributed by atoms with Gasteiger partial charge < -0.3 is 15.0 Å². The molecule has 1 saturated heterocycles. The molecule has 0 bridgehead atoms. The second-order valence-electron chi connectivity index (χ2n) is 7.48. The van der Waals surface area contributed by atoms with Gasteiger partial charge in [0.25, 0.3) is 0 Å². The minimum Gasteiger partial charge on any atom is -0.632 e. The Hall–Kier alpha value is -2.46. The third-order valence-electron chi connectivity index (χ3n) is 5.79. The van der Waals surface area contributed by atoms with E-state index in [1.165, 1.54) is 0 Å². The maximum Gasteiger partial charge on any atom is 0.167 e. The number of likely N-dealkylation sites (tertiary alicyclic amines) is 1. The number of hydroxylamine groups is 3. The van der Waals surface area contributed by atoms with E-state index in [9.17, 15) is 10.3 Å². The highest BCUT2D eigenvalue weighted by molar-refractivity contribution is 5.38. The van der Waals surface area contributed by atoms with Crippen LogP contribution in [0.3, 0.4) is 0 Å². The molecule has 1 aliphatic heterocycles. The molecule has 0 unspecified atom stereocenters. The minimum absolute atomic E-state index is 0.382. The lowest BCUT2D eigenvalue weighted by Gasteiger charge is -2.50. The summed E-state index contributed by atoms with van der Waals surface area (Å²) >= 11 is 0. The van der Waals surface area contributed by atoms with Gasteiger partial charge in [0.2, 0.25) is 0 Å². The number of hydrogen-bond acceptors (Lipinski definition) is 2. The molecule has 1 fully saturated rings. The molecule has 3 aromatic rings. The van der Waals surface area contributed by atoms with Gasteiger partial charge in [-0.3, -0.25) is 0 Å². The van der Waals surface area contributed by atoms with Crippen molar-refractivity contribution in [3.8, 4) is 0 Å². The molecule has 1 N–H and O–H groups in total. The van der Waals surface area contributed by atoms with Gasteiger partial charge in [0.1, 0.15) is 12.6 Å². The Morgan fingerprint density at radius 2 is 1.30 bits per heavy atom. The number of hydrogen-bond donors (Lipinski definition) is 1. The normalized spacial score (nSPS) is 22.7. The summed E-state index contributed by atoms with van der Waals surface area (Å²) in [6, 6.07) is 28.7. The fourth-order valence-electron chi connectivity index (χ4n) is 4.51. The molecule has 2 atom stereocenters. The highest BCUT2D eigenvalue weighted by Crippen LogP contribution is 2.44. The van der Waals surface area contributed by atoms with Gasteiger partial charge in [-0.1, -0.05) is 91.0 Å². The first-order valence-corrected chi connectivity index (χ1v) is 9.58. The van der Waals surface area contributed by atoms with E-state index in [1.807, 2.05) is 91.0 Å². The topological polar surface area (TPSA) is 43.3 Å². The first-order valence-electron chi connectivity index (χ1n) is 9.58. The molecule has 0 aliphatic carbocycles. The van der Waals surface area contributed by atoms with E-state index in [2.05, 4.69) is 0 Å². The van der Waals surface area contributed by atoms with E-state index in [4.69, 9.17) is 0 Å². The highest BCUT2D eigenvalue weighted by atomic mass is 16.6. The molecule has 3 nitrogen and oxygen atoms in total. The van der Waals surface area contributed by atoms with Crippen LogP contribution in [-0.4, -0.2) is 22.3 Å². The summed E-state index contributed by atoms with van der Waals surface area (Å²) in [6.45, 7) is 0.912. The molecule has 138 valence electrons. The first kappa shape index (κ1) is 17.9. The Labute approximate surface area is 160 Å². The minimum atomic E-state index is -1.31. The average molecular weight is 359 g/mol. The van der Waals surface area contributed by atoms with Crippen LogP contribution in [0.2, 0.25) is 0 Å². The summed E-state index contributed by atoms with van der Waals surface area (Å²) in [6.07, 6.45) is 1.53. The van der Waals surface area contributed by atoms with Gasteiger partial charge in [-0.2, -0.15) is 0 Å². The van der Waals surface area contributed by atoms with Crippen LogP contribution in [0.25, 0.3) is 0 Å². The van der Waals surface area contributed by atoms with Crippen molar-refractivity contribution in [2.45, 2.75) is 31.0 Å². The number of benzene rings is 3. The smallest absolute Gasteiger partial charge is 0.167 e. The van der Waals surface area contributed by atoms with E-state index < -0.39 is 16.3 Å². The van der Waals surface area contributed by atoms with Crippen LogP contribution in [-0.2, 0) is 12.1 Å². The van der Waals surface area contributed by atoms with Crippen LogP contribution in [0.1, 0.15) is 29.5 Å². The van der Waals surface area contributed by atoms with Crippen molar-refractivity contribution in [2.75, 3.05) is 6.54 Å². The predicted molar refractivity (Wildman–Crippen MR) is 108 cm³/mol. The van der Waals surface area contributed by atoms with E-state index in [1.54, 1.807) is 0 Å². The molecule has 27 heavy (non-hydrogen) atoms. The quantitative estimate of drug-likeness (QED) is 0.534. The van der Waals surface area contributed by atoms with Crippen molar-refractivity contribution < 1.29 is 9.75 Å². The summed E-state index contributed by atoms with van der Waals surface area (Å²) in [5.74, 6) is 0. The Bertz CT molecular complexity index is 827. The summed E-state index contributed by atoms with van der Waals surface area (Å²) in [5.41, 5.74) is 1.28. The molecule has 0 spiro atoms. The molecule has 1 heterocycles. The van der Waals surface area contributed by atoms with Crippen LogP contribution in [0.4, 0.5) is 0 Å². The Balaban J connectivity index is 1.80. The highest BCUT2D eigenvalue weighted by Gasteiger charge is 2.51. The number of aliphatic hydroxyl groups is 1. The van der Waals surface area contributed by atoms with Crippen LogP contribution in [0.5, 0.6) is 0 Å². The molecule has 4 rings (SSSR count). The van der Waals surface area contributed by atoms with Crippen LogP contribution in [0, 0.1) is 5.21 Å². The van der Waals surface area contributed by atoms with Gasteiger partial charge >= 0.3 is 0 Å². The van der Waals surface area contributed by atoms with E-state index in [-0.39, 0.29) is 0 Å². The van der Waals surface area contributed by atoms with Gasteiger partial charge in [-0.15, -0.1) is 0 Å². The zero-order valence-electron chi connectivity index (χ0n) is 15.4. The number of rotatable bonds is 5. The van der Waals surface area contributed by atoms with Gasteiger partial charge in [0, 0.05) is 18.4 Å². The summed E-state index contributed by atoms with van der Waals surface area (Å²) in [5, 5.41) is 26.0. The molecular weight excluding hydrogens is 334 g/mol. The molecular formula is C24H25NO2. The van der Waals surface area contributed by atoms with Crippen molar-refractivity contribution in [1.29, 1.82) is 0 Å². The lowest BCUT2D eigenvalue weighted by molar-refractivity contribution is -0.913. The van der Waals surface area contributed by atoms with Crippen molar-refractivity contribution in [3.05, 3.63) is 113 Å². The third kappa shape index (κ3) is 3.30. The average Bonchev–Trinajstić information content (AvgIpc) is 3.11. The second kappa shape index (κ2) is 7.28. The van der Waals surface area contributed by atoms with Crippen molar-refractivity contribution in [2.24, 2.45) is 0 Å². The summed E-state index contributed by atoms with van der Waals surface area (Å²) in [4.78, 5) is 0. The maximum atomic E-state index is 14.0. The standard InChI is InChI=1S/C24H25NO2/c26-24(21-13-6-2-7-14-21,22-15-8-3-9-16-22)23-17-10-18-25(23,27)19-20-11-4-1-5-12-20/h1-9,11-16,23,26H,10,17-19H2/t23-,25+/m1/s1. The number of quaternary nitrogens is 1. The fourth-order valence-corrected chi connectivity index (χ4v) is 4.51.